The fraction of sp³-hybridized carbons (Fsp3) is 0.400. The van der Waals surface area contributed by atoms with Gasteiger partial charge in [0.2, 0.25) is 0 Å². The van der Waals surface area contributed by atoms with E-state index in [1.165, 1.54) is 25.5 Å². The molecule has 0 bridgehead atoms. The quantitative estimate of drug-likeness (QED) is 0.843. The zero-order valence-electron chi connectivity index (χ0n) is 8.96. The molecule has 0 N–H and O–H groups in total. The Hall–Kier alpha value is -1.30. The molecule has 0 spiro atoms. The minimum absolute atomic E-state index is 0.122. The Balaban J connectivity index is 2.68. The van der Waals surface area contributed by atoms with Gasteiger partial charge in [-0.3, -0.25) is 9.78 Å². The number of carbonyl (C=O) groups excluding carboxylic acids is 1. The maximum Gasteiger partial charge on any atom is 0.390 e. The highest BCUT2D eigenvalue weighted by atomic mass is 35.5. The van der Waals surface area contributed by atoms with Gasteiger partial charge in [-0.15, -0.1) is 0 Å². The Labute approximate surface area is 101 Å². The summed E-state index contributed by atoms with van der Waals surface area (Å²) in [6.07, 6.45) is -2.70. The van der Waals surface area contributed by atoms with Crippen molar-refractivity contribution in [2.24, 2.45) is 0 Å². The summed E-state index contributed by atoms with van der Waals surface area (Å²) in [6.45, 7) is -0.402. The fourth-order valence-electron chi connectivity index (χ4n) is 1.15. The van der Waals surface area contributed by atoms with E-state index in [-0.39, 0.29) is 10.6 Å². The van der Waals surface area contributed by atoms with Crippen LogP contribution in [-0.2, 0) is 0 Å². The highest BCUT2D eigenvalue weighted by Gasteiger charge is 2.28. The Bertz CT molecular complexity index is 409. The van der Waals surface area contributed by atoms with Crippen molar-refractivity contribution in [2.45, 2.75) is 12.6 Å². The van der Waals surface area contributed by atoms with Crippen molar-refractivity contribution >= 4 is 17.5 Å². The normalized spacial score (nSPS) is 11.4. The van der Waals surface area contributed by atoms with Gasteiger partial charge in [0, 0.05) is 26.0 Å². The van der Waals surface area contributed by atoms with Crippen LogP contribution in [-0.4, -0.2) is 35.6 Å². The Morgan fingerprint density at radius 1 is 1.53 bits per heavy atom. The third-order valence-corrected chi connectivity index (χ3v) is 2.38. The Morgan fingerprint density at radius 2 is 2.18 bits per heavy atom. The summed E-state index contributed by atoms with van der Waals surface area (Å²) in [5, 5.41) is 0.122. The molecule has 1 rings (SSSR count). The first-order valence-corrected chi connectivity index (χ1v) is 5.11. The number of aromatic nitrogens is 1. The average Bonchev–Trinajstić information content (AvgIpc) is 2.24. The second-order valence-electron chi connectivity index (χ2n) is 3.45. The minimum atomic E-state index is -4.28. The molecule has 1 amide bonds. The highest BCUT2D eigenvalue weighted by Crippen LogP contribution is 2.21. The van der Waals surface area contributed by atoms with Crippen LogP contribution in [0.15, 0.2) is 18.5 Å². The number of hydrogen-bond donors (Lipinski definition) is 0. The van der Waals surface area contributed by atoms with Crippen LogP contribution in [0.3, 0.4) is 0 Å². The molecule has 0 saturated heterocycles. The first-order valence-electron chi connectivity index (χ1n) is 4.73. The van der Waals surface area contributed by atoms with E-state index < -0.39 is 25.0 Å². The van der Waals surface area contributed by atoms with E-state index in [1.807, 2.05) is 0 Å². The van der Waals surface area contributed by atoms with Crippen LogP contribution in [0.25, 0.3) is 0 Å². The van der Waals surface area contributed by atoms with Crippen molar-refractivity contribution < 1.29 is 18.0 Å². The van der Waals surface area contributed by atoms with E-state index in [1.54, 1.807) is 0 Å². The molecule has 0 atom stereocenters. The van der Waals surface area contributed by atoms with Gasteiger partial charge in [0.25, 0.3) is 5.91 Å². The van der Waals surface area contributed by atoms with Gasteiger partial charge < -0.3 is 4.90 Å². The first kappa shape index (κ1) is 13.8. The molecule has 0 saturated carbocycles. The average molecular weight is 267 g/mol. The number of pyridine rings is 1. The number of hydrogen-bond acceptors (Lipinski definition) is 2. The lowest BCUT2D eigenvalue weighted by molar-refractivity contribution is -0.136. The number of halogens is 4. The van der Waals surface area contributed by atoms with Crippen molar-refractivity contribution in [3.8, 4) is 0 Å². The lowest BCUT2D eigenvalue weighted by Crippen LogP contribution is -2.30. The molecule has 0 radical (unpaired) electrons. The maximum absolute atomic E-state index is 12.0. The number of alkyl halides is 3. The van der Waals surface area contributed by atoms with Gasteiger partial charge in [-0.2, -0.15) is 13.2 Å². The van der Waals surface area contributed by atoms with Gasteiger partial charge in [0.05, 0.1) is 17.0 Å². The SMILES string of the molecule is CN(CCC(F)(F)F)C(=O)c1ccncc1Cl. The largest absolute Gasteiger partial charge is 0.390 e. The summed E-state index contributed by atoms with van der Waals surface area (Å²) in [4.78, 5) is 16.4. The summed E-state index contributed by atoms with van der Waals surface area (Å²) < 4.78 is 36.0. The minimum Gasteiger partial charge on any atom is -0.341 e. The molecule has 1 aromatic heterocycles. The molecule has 7 heteroatoms. The van der Waals surface area contributed by atoms with Gasteiger partial charge in [0.1, 0.15) is 0 Å². The van der Waals surface area contributed by atoms with Crippen LogP contribution in [0, 0.1) is 0 Å². The van der Waals surface area contributed by atoms with Crippen molar-refractivity contribution in [1.82, 2.24) is 9.88 Å². The monoisotopic (exact) mass is 266 g/mol. The van der Waals surface area contributed by atoms with Gasteiger partial charge in [-0.05, 0) is 6.07 Å². The van der Waals surface area contributed by atoms with Crippen LogP contribution in [0.5, 0.6) is 0 Å². The van der Waals surface area contributed by atoms with Gasteiger partial charge in [-0.25, -0.2) is 0 Å². The molecular weight excluding hydrogens is 257 g/mol. The van der Waals surface area contributed by atoms with Crippen LogP contribution in [0.2, 0.25) is 5.02 Å². The molecular formula is C10H10ClF3N2O. The smallest absolute Gasteiger partial charge is 0.341 e. The maximum atomic E-state index is 12.0. The molecule has 3 nitrogen and oxygen atoms in total. The van der Waals surface area contributed by atoms with E-state index in [0.717, 1.165) is 4.90 Å². The van der Waals surface area contributed by atoms with E-state index in [2.05, 4.69) is 4.98 Å². The molecule has 17 heavy (non-hydrogen) atoms. The molecule has 0 aliphatic heterocycles. The third-order valence-electron chi connectivity index (χ3n) is 2.08. The lowest BCUT2D eigenvalue weighted by Gasteiger charge is -2.18. The summed E-state index contributed by atoms with van der Waals surface area (Å²) in [5.74, 6) is -0.554. The molecule has 0 aliphatic carbocycles. The molecule has 1 aromatic rings. The molecule has 94 valence electrons. The summed E-state index contributed by atoms with van der Waals surface area (Å²) in [6, 6.07) is 1.37. The molecule has 0 unspecified atom stereocenters. The van der Waals surface area contributed by atoms with Crippen molar-refractivity contribution in [3.63, 3.8) is 0 Å². The number of carbonyl (C=O) groups is 1. The predicted octanol–water partition coefficient (Wildman–Crippen LogP) is 2.76. The zero-order chi connectivity index (χ0) is 13.1. The Kier molecular flexibility index (Phi) is 4.34. The summed E-state index contributed by atoms with van der Waals surface area (Å²) >= 11 is 5.72. The topological polar surface area (TPSA) is 33.2 Å². The zero-order valence-corrected chi connectivity index (χ0v) is 9.72. The Morgan fingerprint density at radius 3 is 2.71 bits per heavy atom. The number of amides is 1. The van der Waals surface area contributed by atoms with Gasteiger partial charge in [0.15, 0.2) is 0 Å². The second kappa shape index (κ2) is 5.35. The van der Waals surface area contributed by atoms with Gasteiger partial charge in [-0.1, -0.05) is 11.6 Å². The van der Waals surface area contributed by atoms with E-state index in [0.29, 0.717) is 0 Å². The number of rotatable bonds is 3. The van der Waals surface area contributed by atoms with Crippen LogP contribution in [0.1, 0.15) is 16.8 Å². The van der Waals surface area contributed by atoms with E-state index in [9.17, 15) is 18.0 Å². The first-order chi connectivity index (χ1) is 7.81. The van der Waals surface area contributed by atoms with Crippen molar-refractivity contribution in [2.75, 3.05) is 13.6 Å². The highest BCUT2D eigenvalue weighted by molar-refractivity contribution is 6.33. The predicted molar refractivity (Wildman–Crippen MR) is 56.9 cm³/mol. The fourth-order valence-corrected chi connectivity index (χ4v) is 1.35. The van der Waals surface area contributed by atoms with Crippen LogP contribution < -0.4 is 0 Å². The molecule has 0 aliphatic rings. The summed E-state index contributed by atoms with van der Waals surface area (Å²) in [5.41, 5.74) is 0.145. The van der Waals surface area contributed by atoms with Crippen LogP contribution >= 0.6 is 11.6 Å². The molecule has 1 heterocycles. The standard InChI is InChI=1S/C10H10ClF3N2O/c1-16(5-3-10(12,13)14)9(17)7-2-4-15-6-8(7)11/h2,4,6H,3,5H2,1H3. The van der Waals surface area contributed by atoms with Crippen molar-refractivity contribution in [3.05, 3.63) is 29.0 Å². The summed E-state index contributed by atoms with van der Waals surface area (Å²) in [7, 11) is 1.30. The molecule has 0 aromatic carbocycles. The van der Waals surface area contributed by atoms with E-state index >= 15 is 0 Å². The second-order valence-corrected chi connectivity index (χ2v) is 3.85. The molecule has 0 fully saturated rings. The van der Waals surface area contributed by atoms with Crippen molar-refractivity contribution in [1.29, 1.82) is 0 Å². The lowest BCUT2D eigenvalue weighted by atomic mass is 10.2. The number of nitrogens with zero attached hydrogens (tertiary/aromatic N) is 2. The van der Waals surface area contributed by atoms with E-state index in [4.69, 9.17) is 11.6 Å². The third kappa shape index (κ3) is 4.22. The van der Waals surface area contributed by atoms with Gasteiger partial charge >= 0.3 is 6.18 Å². The van der Waals surface area contributed by atoms with Crippen LogP contribution in [0.4, 0.5) is 13.2 Å².